The summed E-state index contributed by atoms with van der Waals surface area (Å²) in [6, 6.07) is 6.74. The largest absolute Gasteiger partial charge is 0.359 e. The van der Waals surface area contributed by atoms with Crippen molar-refractivity contribution in [3.63, 3.8) is 0 Å². The van der Waals surface area contributed by atoms with Gasteiger partial charge < -0.3 is 25.2 Å². The molecule has 210 valence electrons. The van der Waals surface area contributed by atoms with Crippen LogP contribution in [0.5, 0.6) is 0 Å². The van der Waals surface area contributed by atoms with E-state index in [-0.39, 0.29) is 23.8 Å². The van der Waals surface area contributed by atoms with Crippen LogP contribution in [0.25, 0.3) is 0 Å². The second-order valence-electron chi connectivity index (χ2n) is 11.8. The Balaban J connectivity index is 1.26. The minimum atomic E-state index is -1.11. The van der Waals surface area contributed by atoms with E-state index < -0.39 is 29.6 Å². The molecule has 5 atom stereocenters. The number of hydrogen-bond acceptors (Lipinski definition) is 5. The minimum Gasteiger partial charge on any atom is -0.359 e. The van der Waals surface area contributed by atoms with Gasteiger partial charge >= 0.3 is 0 Å². The molecule has 2 bridgehead atoms. The van der Waals surface area contributed by atoms with E-state index >= 15 is 0 Å². The summed E-state index contributed by atoms with van der Waals surface area (Å²) in [6.07, 6.45) is 13.4. The molecule has 0 aromatic heterocycles. The van der Waals surface area contributed by atoms with Crippen molar-refractivity contribution in [2.24, 2.45) is 11.8 Å². The summed E-state index contributed by atoms with van der Waals surface area (Å²) < 4.78 is 7.41. The number of anilines is 1. The summed E-state index contributed by atoms with van der Waals surface area (Å²) in [4.78, 5) is 45.9. The average molecular weight is 600 g/mol. The number of carbonyl (C=O) groups excluding carboxylic acids is 3. The first kappa shape index (κ1) is 27.0. The Morgan fingerprint density at radius 2 is 1.64 bits per heavy atom. The highest BCUT2D eigenvalue weighted by atomic mass is 79.9. The lowest BCUT2D eigenvalue weighted by atomic mass is 9.74. The van der Waals surface area contributed by atoms with Crippen LogP contribution < -0.4 is 10.6 Å². The topological polar surface area (TPSA) is 91.0 Å². The van der Waals surface area contributed by atoms with Crippen molar-refractivity contribution in [1.82, 2.24) is 15.1 Å². The van der Waals surface area contributed by atoms with E-state index in [0.29, 0.717) is 12.2 Å². The van der Waals surface area contributed by atoms with E-state index in [0.717, 1.165) is 62.6 Å². The highest BCUT2D eigenvalue weighted by Crippen LogP contribution is 2.55. The van der Waals surface area contributed by atoms with Gasteiger partial charge in [-0.1, -0.05) is 60.2 Å². The van der Waals surface area contributed by atoms with E-state index in [9.17, 15) is 14.4 Å². The number of rotatable bonds is 7. The Hall–Kier alpha value is -2.23. The van der Waals surface area contributed by atoms with E-state index in [1.165, 1.54) is 19.3 Å². The number of halogens is 1. The summed E-state index contributed by atoms with van der Waals surface area (Å²) in [5, 5.41) is 6.26. The second-order valence-corrected chi connectivity index (χ2v) is 12.7. The molecule has 1 aromatic rings. The number of hydrogen-bond donors (Lipinski definition) is 2. The van der Waals surface area contributed by atoms with E-state index in [1.807, 2.05) is 36.4 Å². The van der Waals surface area contributed by atoms with Gasteiger partial charge in [-0.25, -0.2) is 0 Å². The Kier molecular flexibility index (Phi) is 7.84. The number of ether oxygens (including phenoxy) is 1. The maximum absolute atomic E-state index is 14.2. The first-order valence-corrected chi connectivity index (χ1v) is 15.5. The van der Waals surface area contributed by atoms with E-state index in [4.69, 9.17) is 4.74 Å². The summed E-state index contributed by atoms with van der Waals surface area (Å²) in [5.74, 6) is -1.93. The number of carbonyl (C=O) groups is 3. The third-order valence-electron chi connectivity index (χ3n) is 9.34. The van der Waals surface area contributed by atoms with Gasteiger partial charge in [-0.15, -0.1) is 0 Å². The Labute approximate surface area is 239 Å². The van der Waals surface area contributed by atoms with Gasteiger partial charge in [-0.05, 0) is 63.0 Å². The zero-order valence-corrected chi connectivity index (χ0v) is 24.0. The quantitative estimate of drug-likeness (QED) is 0.465. The molecule has 4 heterocycles. The third-order valence-corrected chi connectivity index (χ3v) is 9.87. The fourth-order valence-electron chi connectivity index (χ4n) is 7.40. The molecule has 8 nitrogen and oxygen atoms in total. The molecule has 4 aliphatic heterocycles. The fourth-order valence-corrected chi connectivity index (χ4v) is 7.67. The summed E-state index contributed by atoms with van der Waals surface area (Å²) >= 11 is 3.42. The average Bonchev–Trinajstić information content (AvgIpc) is 3.48. The van der Waals surface area contributed by atoms with Crippen LogP contribution in [0.4, 0.5) is 5.69 Å². The molecule has 2 N–H and O–H groups in total. The standard InChI is InChI=1S/C30H39BrN4O4/c31-20-10-12-22(13-11-20)32-27(36)24-23-14-15-30(39-23)25(24)29(38)35(19-18-34-16-6-1-2-7-17-34)26(30)28(37)33-21-8-4-3-5-9-21/h10-15,21,23-26H,1-9,16-19H2,(H,32,36)(H,33,37)/t23-,24-,25-,26-,30-/m0/s1. The molecule has 1 aliphatic carbocycles. The molecule has 3 amide bonds. The molecule has 0 radical (unpaired) electrons. The van der Waals surface area contributed by atoms with Crippen molar-refractivity contribution in [3.05, 3.63) is 40.9 Å². The van der Waals surface area contributed by atoms with Gasteiger partial charge in [0.25, 0.3) is 0 Å². The number of nitrogens with one attached hydrogen (secondary N) is 2. The number of nitrogens with zero attached hydrogens (tertiary/aromatic N) is 2. The lowest BCUT2D eigenvalue weighted by Gasteiger charge is -2.35. The van der Waals surface area contributed by atoms with Gasteiger partial charge in [-0.2, -0.15) is 0 Å². The van der Waals surface area contributed by atoms with Crippen molar-refractivity contribution in [2.45, 2.75) is 81.6 Å². The smallest absolute Gasteiger partial charge is 0.246 e. The third kappa shape index (κ3) is 5.18. The highest BCUT2D eigenvalue weighted by molar-refractivity contribution is 9.10. The van der Waals surface area contributed by atoms with Crippen molar-refractivity contribution in [2.75, 3.05) is 31.5 Å². The van der Waals surface area contributed by atoms with Gasteiger partial charge in [0, 0.05) is 29.3 Å². The van der Waals surface area contributed by atoms with Crippen molar-refractivity contribution >= 4 is 39.3 Å². The minimum absolute atomic E-state index is 0.128. The normalized spacial score (nSPS) is 32.7. The Bertz CT molecular complexity index is 1110. The van der Waals surface area contributed by atoms with Crippen LogP contribution in [0.3, 0.4) is 0 Å². The molecule has 39 heavy (non-hydrogen) atoms. The monoisotopic (exact) mass is 598 g/mol. The Morgan fingerprint density at radius 3 is 2.36 bits per heavy atom. The molecule has 6 rings (SSSR count). The predicted molar refractivity (Wildman–Crippen MR) is 152 cm³/mol. The van der Waals surface area contributed by atoms with E-state index in [2.05, 4.69) is 31.5 Å². The molecule has 4 fully saturated rings. The van der Waals surface area contributed by atoms with Crippen LogP contribution in [0.1, 0.15) is 57.8 Å². The van der Waals surface area contributed by atoms with Crippen molar-refractivity contribution in [1.29, 1.82) is 0 Å². The van der Waals surface area contributed by atoms with Crippen LogP contribution >= 0.6 is 15.9 Å². The first-order chi connectivity index (χ1) is 19.0. The number of fused-ring (bicyclic) bond motifs is 1. The molecule has 1 saturated carbocycles. The molecule has 1 aromatic carbocycles. The maximum atomic E-state index is 14.2. The van der Waals surface area contributed by atoms with Crippen LogP contribution in [0.2, 0.25) is 0 Å². The lowest BCUT2D eigenvalue weighted by Crippen LogP contribution is -2.57. The van der Waals surface area contributed by atoms with Gasteiger partial charge in [-0.3, -0.25) is 14.4 Å². The van der Waals surface area contributed by atoms with Crippen LogP contribution in [-0.4, -0.2) is 77.5 Å². The number of likely N-dealkylation sites (tertiary alicyclic amines) is 2. The predicted octanol–water partition coefficient (Wildman–Crippen LogP) is 3.86. The first-order valence-electron chi connectivity index (χ1n) is 14.7. The molecule has 0 unspecified atom stereocenters. The van der Waals surface area contributed by atoms with Gasteiger partial charge in [0.2, 0.25) is 17.7 Å². The van der Waals surface area contributed by atoms with Crippen LogP contribution in [-0.2, 0) is 19.1 Å². The molecule has 9 heteroatoms. The molecular formula is C30H39BrN4O4. The zero-order chi connectivity index (χ0) is 27.0. The lowest BCUT2D eigenvalue weighted by molar-refractivity contribution is -0.141. The number of benzene rings is 1. The summed E-state index contributed by atoms with van der Waals surface area (Å²) in [5.41, 5.74) is -0.444. The van der Waals surface area contributed by atoms with Crippen molar-refractivity contribution < 1.29 is 19.1 Å². The van der Waals surface area contributed by atoms with Crippen LogP contribution in [0.15, 0.2) is 40.9 Å². The zero-order valence-electron chi connectivity index (χ0n) is 22.4. The SMILES string of the molecule is O=C(Nc1ccc(Br)cc1)[C@H]1[C@@H]2C=C[C@]3(O2)[C@@H]1C(=O)N(CCN1CCCCCC1)[C@H]3C(=O)NC1CCCCC1. The maximum Gasteiger partial charge on any atom is 0.246 e. The molecular weight excluding hydrogens is 560 g/mol. The summed E-state index contributed by atoms with van der Waals surface area (Å²) in [6.45, 7) is 3.23. The fraction of sp³-hybridized carbons (Fsp3) is 0.633. The summed E-state index contributed by atoms with van der Waals surface area (Å²) in [7, 11) is 0. The molecule has 5 aliphatic rings. The van der Waals surface area contributed by atoms with Crippen LogP contribution in [0, 0.1) is 11.8 Å². The van der Waals surface area contributed by atoms with E-state index in [1.54, 1.807) is 4.90 Å². The van der Waals surface area contributed by atoms with Crippen molar-refractivity contribution in [3.8, 4) is 0 Å². The Morgan fingerprint density at radius 1 is 0.949 bits per heavy atom. The van der Waals surface area contributed by atoms with Gasteiger partial charge in [0.1, 0.15) is 11.6 Å². The molecule has 1 spiro atoms. The van der Waals surface area contributed by atoms with Gasteiger partial charge in [0.05, 0.1) is 17.9 Å². The molecule has 3 saturated heterocycles. The highest BCUT2D eigenvalue weighted by Gasteiger charge is 2.72. The number of amides is 3. The van der Waals surface area contributed by atoms with Gasteiger partial charge in [0.15, 0.2) is 0 Å². The second kappa shape index (κ2) is 11.3.